The topological polar surface area (TPSA) is 66.9 Å². The van der Waals surface area contributed by atoms with Gasteiger partial charge in [-0.15, -0.1) is 0 Å². The van der Waals surface area contributed by atoms with Gasteiger partial charge in [0.05, 0.1) is 22.6 Å². The Kier molecular flexibility index (Phi) is 6.50. The van der Waals surface area contributed by atoms with Gasteiger partial charge in [0.15, 0.2) is 9.84 Å². The highest BCUT2D eigenvalue weighted by atomic mass is 32.2. The minimum Gasteiger partial charge on any atom is -0.492 e. The number of nitrogens with zero attached hydrogens (tertiary/aromatic N) is 2. The van der Waals surface area contributed by atoms with E-state index in [9.17, 15) is 30.8 Å². The second-order valence-corrected chi connectivity index (χ2v) is 10.6. The van der Waals surface area contributed by atoms with Crippen molar-refractivity contribution in [2.75, 3.05) is 43.9 Å². The van der Waals surface area contributed by atoms with E-state index < -0.39 is 33.3 Å². The lowest BCUT2D eigenvalue weighted by Crippen LogP contribution is -2.49. The standard InChI is InChI=1S/C23H24F4N2O4S/c1-34(31,32)17-5-7-21(33-14-15-2-3-15)18(13-17)22(30)29-10-8-28(9-11-29)16-4-6-19(20(24)12-16)23(25,26)27/h4-7,12-13,15H,2-3,8-11,14H2,1H3. The Morgan fingerprint density at radius 2 is 1.74 bits per heavy atom. The zero-order valence-corrected chi connectivity index (χ0v) is 19.3. The van der Waals surface area contributed by atoms with Crippen LogP contribution in [0.5, 0.6) is 5.75 Å². The molecular weight excluding hydrogens is 476 g/mol. The van der Waals surface area contributed by atoms with Gasteiger partial charge in [-0.1, -0.05) is 0 Å². The minimum absolute atomic E-state index is 0.00786. The maximum Gasteiger partial charge on any atom is 0.419 e. The van der Waals surface area contributed by atoms with Crippen molar-refractivity contribution in [3.05, 3.63) is 53.3 Å². The Balaban J connectivity index is 1.49. The first-order chi connectivity index (χ1) is 15.9. The fraction of sp³-hybridized carbons (Fsp3) is 0.435. The van der Waals surface area contributed by atoms with Crippen LogP contribution in [0, 0.1) is 11.7 Å². The molecule has 1 aliphatic heterocycles. The molecule has 1 saturated carbocycles. The highest BCUT2D eigenvalue weighted by Crippen LogP contribution is 2.34. The van der Waals surface area contributed by atoms with Crippen LogP contribution >= 0.6 is 0 Å². The van der Waals surface area contributed by atoms with E-state index in [0.717, 1.165) is 25.2 Å². The monoisotopic (exact) mass is 500 g/mol. The van der Waals surface area contributed by atoms with Crippen LogP contribution in [-0.2, 0) is 16.0 Å². The number of amides is 1. The van der Waals surface area contributed by atoms with Crippen molar-refractivity contribution < 1.29 is 35.5 Å². The second kappa shape index (κ2) is 9.09. The van der Waals surface area contributed by atoms with Gasteiger partial charge in [0.25, 0.3) is 5.91 Å². The highest BCUT2D eigenvalue weighted by molar-refractivity contribution is 7.90. The number of rotatable bonds is 6. The molecule has 0 spiro atoms. The first-order valence-corrected chi connectivity index (χ1v) is 12.7. The van der Waals surface area contributed by atoms with Crippen molar-refractivity contribution >= 4 is 21.4 Å². The highest BCUT2D eigenvalue weighted by Gasteiger charge is 2.34. The van der Waals surface area contributed by atoms with Crippen LogP contribution in [0.15, 0.2) is 41.3 Å². The van der Waals surface area contributed by atoms with Crippen molar-refractivity contribution in [1.29, 1.82) is 0 Å². The molecule has 11 heteroatoms. The summed E-state index contributed by atoms with van der Waals surface area (Å²) in [6.07, 6.45) is -1.61. The first-order valence-electron chi connectivity index (χ1n) is 10.8. The van der Waals surface area contributed by atoms with Gasteiger partial charge in [-0.2, -0.15) is 13.2 Å². The molecule has 2 aliphatic rings. The average molecular weight is 501 g/mol. The smallest absolute Gasteiger partial charge is 0.419 e. The van der Waals surface area contributed by atoms with Crippen LogP contribution in [0.3, 0.4) is 0 Å². The van der Waals surface area contributed by atoms with Gasteiger partial charge in [0.2, 0.25) is 0 Å². The average Bonchev–Trinajstić information content (AvgIpc) is 3.60. The summed E-state index contributed by atoms with van der Waals surface area (Å²) in [5, 5.41) is 0. The minimum atomic E-state index is -4.77. The summed E-state index contributed by atoms with van der Waals surface area (Å²) in [6, 6.07) is 6.99. The fourth-order valence-electron chi connectivity index (χ4n) is 3.79. The number of carbonyl (C=O) groups is 1. The van der Waals surface area contributed by atoms with Crippen LogP contribution in [0.1, 0.15) is 28.8 Å². The van der Waals surface area contributed by atoms with E-state index >= 15 is 0 Å². The van der Waals surface area contributed by atoms with Crippen LogP contribution < -0.4 is 9.64 Å². The van der Waals surface area contributed by atoms with E-state index in [2.05, 4.69) is 0 Å². The van der Waals surface area contributed by atoms with Gasteiger partial charge in [-0.05, 0) is 55.2 Å². The lowest BCUT2D eigenvalue weighted by molar-refractivity contribution is -0.139. The van der Waals surface area contributed by atoms with Crippen LogP contribution in [0.4, 0.5) is 23.2 Å². The van der Waals surface area contributed by atoms with E-state index in [-0.39, 0.29) is 36.6 Å². The quantitative estimate of drug-likeness (QED) is 0.561. The molecule has 2 aromatic rings. The molecule has 1 aliphatic carbocycles. The lowest BCUT2D eigenvalue weighted by atomic mass is 10.1. The molecule has 2 fully saturated rings. The molecule has 1 saturated heterocycles. The summed E-state index contributed by atoms with van der Waals surface area (Å²) in [4.78, 5) is 16.5. The lowest BCUT2D eigenvalue weighted by Gasteiger charge is -2.36. The Morgan fingerprint density at radius 3 is 2.29 bits per heavy atom. The van der Waals surface area contributed by atoms with Gasteiger partial charge in [-0.3, -0.25) is 4.79 Å². The normalized spacial score (nSPS) is 17.1. The number of sulfone groups is 1. The molecule has 184 valence electrons. The van der Waals surface area contributed by atoms with E-state index in [0.29, 0.717) is 30.0 Å². The predicted octanol–water partition coefficient (Wildman–Crippen LogP) is 4.00. The van der Waals surface area contributed by atoms with Crippen LogP contribution in [0.25, 0.3) is 0 Å². The molecule has 6 nitrogen and oxygen atoms in total. The summed E-state index contributed by atoms with van der Waals surface area (Å²) in [7, 11) is -3.54. The summed E-state index contributed by atoms with van der Waals surface area (Å²) < 4.78 is 82.2. The first kappa shape index (κ1) is 24.3. The number of benzene rings is 2. The molecule has 0 unspecified atom stereocenters. The van der Waals surface area contributed by atoms with Crippen molar-refractivity contribution in [3.63, 3.8) is 0 Å². The zero-order chi connectivity index (χ0) is 24.7. The third kappa shape index (κ3) is 5.45. The number of alkyl halides is 3. The van der Waals surface area contributed by atoms with E-state index in [1.807, 2.05) is 0 Å². The number of piperazine rings is 1. The molecule has 1 heterocycles. The number of anilines is 1. The third-order valence-corrected chi connectivity index (χ3v) is 7.08. The Hall–Kier alpha value is -2.82. The van der Waals surface area contributed by atoms with Gasteiger partial charge in [0, 0.05) is 38.1 Å². The molecular formula is C23H24F4N2O4S. The van der Waals surface area contributed by atoms with Gasteiger partial charge in [-0.25, -0.2) is 12.8 Å². The molecule has 34 heavy (non-hydrogen) atoms. The van der Waals surface area contributed by atoms with Crippen molar-refractivity contribution in [3.8, 4) is 5.75 Å². The van der Waals surface area contributed by atoms with E-state index in [1.54, 1.807) is 4.90 Å². The third-order valence-electron chi connectivity index (χ3n) is 5.97. The molecule has 0 bridgehead atoms. The Morgan fingerprint density at radius 1 is 1.06 bits per heavy atom. The van der Waals surface area contributed by atoms with Crippen molar-refractivity contribution in [2.24, 2.45) is 5.92 Å². The van der Waals surface area contributed by atoms with E-state index in [1.165, 1.54) is 29.2 Å². The zero-order valence-electron chi connectivity index (χ0n) is 18.4. The second-order valence-electron chi connectivity index (χ2n) is 8.63. The summed E-state index contributed by atoms with van der Waals surface area (Å²) in [5.41, 5.74) is -0.878. The Bertz CT molecular complexity index is 1190. The number of hydrogen-bond acceptors (Lipinski definition) is 5. The van der Waals surface area contributed by atoms with Gasteiger partial charge in [0.1, 0.15) is 11.6 Å². The number of ether oxygens (including phenoxy) is 1. The van der Waals surface area contributed by atoms with Crippen molar-refractivity contribution in [1.82, 2.24) is 4.90 Å². The fourth-order valence-corrected chi connectivity index (χ4v) is 4.44. The number of halogens is 4. The Labute approximate surface area is 195 Å². The number of carbonyl (C=O) groups excluding carboxylic acids is 1. The summed E-state index contributed by atoms with van der Waals surface area (Å²) in [6.45, 7) is 1.46. The van der Waals surface area contributed by atoms with Crippen molar-refractivity contribution in [2.45, 2.75) is 23.9 Å². The molecule has 0 aromatic heterocycles. The molecule has 0 atom stereocenters. The van der Waals surface area contributed by atoms with E-state index in [4.69, 9.17) is 4.74 Å². The molecule has 2 aromatic carbocycles. The largest absolute Gasteiger partial charge is 0.492 e. The number of hydrogen-bond donors (Lipinski definition) is 0. The molecule has 0 radical (unpaired) electrons. The summed E-state index contributed by atoms with van der Waals surface area (Å²) in [5.74, 6) is -0.991. The molecule has 1 amide bonds. The maximum absolute atomic E-state index is 14.0. The maximum atomic E-state index is 14.0. The SMILES string of the molecule is CS(=O)(=O)c1ccc(OCC2CC2)c(C(=O)N2CCN(c3ccc(C(F)(F)F)c(F)c3)CC2)c1. The molecule has 0 N–H and O–H groups in total. The van der Waals surface area contributed by atoms with Crippen LogP contribution in [-0.4, -0.2) is 58.3 Å². The molecule has 4 rings (SSSR count). The van der Waals surface area contributed by atoms with Gasteiger partial charge >= 0.3 is 6.18 Å². The predicted molar refractivity (Wildman–Crippen MR) is 117 cm³/mol. The summed E-state index contributed by atoms with van der Waals surface area (Å²) >= 11 is 0. The van der Waals surface area contributed by atoms with Gasteiger partial charge < -0.3 is 14.5 Å². The van der Waals surface area contributed by atoms with Crippen LogP contribution in [0.2, 0.25) is 0 Å².